The number of carbonyl (C=O) groups excluding carboxylic acids is 3. The lowest BCUT2D eigenvalue weighted by Gasteiger charge is -2.26. The molecule has 0 unspecified atom stereocenters. The van der Waals surface area contributed by atoms with Gasteiger partial charge in [-0.2, -0.15) is 0 Å². The lowest BCUT2D eigenvalue weighted by Crippen LogP contribution is -2.48. The van der Waals surface area contributed by atoms with E-state index in [1.807, 2.05) is 24.3 Å². The molecule has 1 aliphatic heterocycles. The first-order valence-electron chi connectivity index (χ1n) is 10.1. The van der Waals surface area contributed by atoms with Gasteiger partial charge < -0.3 is 14.5 Å². The topological polar surface area (TPSA) is 88.8 Å². The molecule has 0 saturated carbocycles. The monoisotopic (exact) mass is 420 g/mol. The van der Waals surface area contributed by atoms with Crippen LogP contribution in [-0.2, 0) is 11.2 Å². The van der Waals surface area contributed by atoms with E-state index in [0.29, 0.717) is 17.5 Å². The van der Waals surface area contributed by atoms with Crippen LogP contribution in [0, 0.1) is 0 Å². The lowest BCUT2D eigenvalue weighted by molar-refractivity contribution is 0.0468. The zero-order chi connectivity index (χ0) is 22.2. The van der Waals surface area contributed by atoms with Crippen LogP contribution in [0.3, 0.4) is 0 Å². The first-order chi connectivity index (χ1) is 14.7. The molecule has 0 spiro atoms. The van der Waals surface area contributed by atoms with Crippen LogP contribution in [0.25, 0.3) is 11.0 Å². The van der Waals surface area contributed by atoms with Crippen molar-refractivity contribution in [1.29, 1.82) is 0 Å². The van der Waals surface area contributed by atoms with E-state index < -0.39 is 17.7 Å². The van der Waals surface area contributed by atoms with Crippen LogP contribution in [0.5, 0.6) is 0 Å². The fraction of sp³-hybridized carbons (Fsp3) is 0.292. The third kappa shape index (κ3) is 4.30. The highest BCUT2D eigenvalue weighted by Crippen LogP contribution is 2.25. The molecule has 7 nitrogen and oxygen atoms in total. The fourth-order valence-corrected chi connectivity index (χ4v) is 3.72. The smallest absolute Gasteiger partial charge is 0.407 e. The van der Waals surface area contributed by atoms with Gasteiger partial charge in [-0.25, -0.2) is 4.79 Å². The highest BCUT2D eigenvalue weighted by atomic mass is 16.6. The summed E-state index contributed by atoms with van der Waals surface area (Å²) >= 11 is 0. The Balaban J connectivity index is 1.59. The standard InChI is InChI=1S/C24H24N2O5/c1-24(2,3)31-23(29)25-16(12-15-14-30-20-11-7-6-8-17(15)20)13-26-21(27)18-9-4-5-10-19(18)22(26)28/h4-11,14,16H,12-13H2,1-3H3,(H,25,29)/t16-/m0/s1. The highest BCUT2D eigenvalue weighted by molar-refractivity contribution is 6.21. The maximum atomic E-state index is 12.8. The van der Waals surface area contributed by atoms with Crippen molar-refractivity contribution in [2.45, 2.75) is 38.8 Å². The Bertz CT molecular complexity index is 1120. The normalized spacial score (nSPS) is 14.6. The molecule has 3 aromatic rings. The zero-order valence-corrected chi connectivity index (χ0v) is 17.7. The van der Waals surface area contributed by atoms with Crippen molar-refractivity contribution in [3.05, 3.63) is 71.5 Å². The highest BCUT2D eigenvalue weighted by Gasteiger charge is 2.37. The number of ether oxygens (including phenoxy) is 1. The molecule has 1 atom stereocenters. The molecule has 0 saturated heterocycles. The number of alkyl carbamates (subject to hydrolysis) is 1. The van der Waals surface area contributed by atoms with Crippen molar-refractivity contribution in [2.24, 2.45) is 0 Å². The molecule has 2 heterocycles. The number of rotatable bonds is 5. The summed E-state index contributed by atoms with van der Waals surface area (Å²) in [4.78, 5) is 39.3. The average Bonchev–Trinajstić information content (AvgIpc) is 3.22. The van der Waals surface area contributed by atoms with E-state index in [1.165, 1.54) is 4.90 Å². The van der Waals surface area contributed by atoms with Crippen LogP contribution < -0.4 is 5.32 Å². The first-order valence-corrected chi connectivity index (χ1v) is 10.1. The summed E-state index contributed by atoms with van der Waals surface area (Å²) < 4.78 is 11.0. The molecular formula is C24H24N2O5. The van der Waals surface area contributed by atoms with Crippen molar-refractivity contribution in [1.82, 2.24) is 10.2 Å². The Morgan fingerprint density at radius 2 is 1.65 bits per heavy atom. The predicted octanol–water partition coefficient (Wildman–Crippen LogP) is 4.16. The molecule has 0 bridgehead atoms. The van der Waals surface area contributed by atoms with Crippen LogP contribution in [0.4, 0.5) is 4.79 Å². The second-order valence-electron chi connectivity index (χ2n) is 8.57. The number of imide groups is 1. The minimum atomic E-state index is -0.674. The number of nitrogens with zero attached hydrogens (tertiary/aromatic N) is 1. The lowest BCUT2D eigenvalue weighted by atomic mass is 10.0. The maximum Gasteiger partial charge on any atom is 0.407 e. The van der Waals surface area contributed by atoms with E-state index in [1.54, 1.807) is 51.3 Å². The van der Waals surface area contributed by atoms with E-state index in [0.717, 1.165) is 16.5 Å². The van der Waals surface area contributed by atoms with Crippen molar-refractivity contribution in [3.8, 4) is 0 Å². The third-order valence-electron chi connectivity index (χ3n) is 5.03. The number of carbonyl (C=O) groups is 3. The van der Waals surface area contributed by atoms with Crippen LogP contribution in [0.2, 0.25) is 0 Å². The Morgan fingerprint density at radius 1 is 1.03 bits per heavy atom. The zero-order valence-electron chi connectivity index (χ0n) is 17.7. The summed E-state index contributed by atoms with van der Waals surface area (Å²) in [6, 6.07) is 13.7. The molecule has 1 aromatic heterocycles. The van der Waals surface area contributed by atoms with Gasteiger partial charge in [-0.1, -0.05) is 30.3 Å². The summed E-state index contributed by atoms with van der Waals surface area (Å²) in [5, 5.41) is 3.74. The SMILES string of the molecule is CC(C)(C)OC(=O)N[C@@H](Cc1coc2ccccc12)CN1C(=O)c2ccccc2C1=O. The second kappa shape index (κ2) is 7.91. The Morgan fingerprint density at radius 3 is 2.29 bits per heavy atom. The summed E-state index contributed by atoms with van der Waals surface area (Å²) in [5.41, 5.74) is 1.67. The minimum Gasteiger partial charge on any atom is -0.464 e. The molecule has 0 radical (unpaired) electrons. The number of fused-ring (bicyclic) bond motifs is 2. The van der Waals surface area contributed by atoms with Crippen molar-refractivity contribution >= 4 is 28.9 Å². The van der Waals surface area contributed by atoms with Gasteiger partial charge in [0.1, 0.15) is 11.2 Å². The Labute approximate surface area is 180 Å². The fourth-order valence-electron chi connectivity index (χ4n) is 3.72. The predicted molar refractivity (Wildman–Crippen MR) is 115 cm³/mol. The molecule has 31 heavy (non-hydrogen) atoms. The molecule has 3 amide bonds. The van der Waals surface area contributed by atoms with Gasteiger partial charge in [0.25, 0.3) is 11.8 Å². The Hall–Kier alpha value is -3.61. The largest absolute Gasteiger partial charge is 0.464 e. The minimum absolute atomic E-state index is 0.0189. The molecule has 160 valence electrons. The summed E-state index contributed by atoms with van der Waals surface area (Å²) in [7, 11) is 0. The van der Waals surface area contributed by atoms with Crippen molar-refractivity contribution in [3.63, 3.8) is 0 Å². The van der Waals surface area contributed by atoms with Gasteiger partial charge >= 0.3 is 6.09 Å². The van der Waals surface area contributed by atoms with Gasteiger partial charge in [0.15, 0.2) is 0 Å². The quantitative estimate of drug-likeness (QED) is 0.626. The van der Waals surface area contributed by atoms with E-state index in [-0.39, 0.29) is 18.4 Å². The number of hydrogen-bond donors (Lipinski definition) is 1. The second-order valence-corrected chi connectivity index (χ2v) is 8.57. The van der Waals surface area contributed by atoms with E-state index in [2.05, 4.69) is 5.32 Å². The summed E-state index contributed by atoms with van der Waals surface area (Å²) in [6.07, 6.45) is 1.39. The number of amides is 3. The molecule has 0 aliphatic carbocycles. The van der Waals surface area contributed by atoms with Gasteiger partial charge in [-0.3, -0.25) is 14.5 Å². The molecule has 7 heteroatoms. The first kappa shape index (κ1) is 20.7. The molecular weight excluding hydrogens is 396 g/mol. The van der Waals surface area contributed by atoms with Gasteiger partial charge in [-0.15, -0.1) is 0 Å². The molecule has 2 aromatic carbocycles. The van der Waals surface area contributed by atoms with Gasteiger partial charge in [-0.05, 0) is 45.4 Å². The molecule has 1 N–H and O–H groups in total. The van der Waals surface area contributed by atoms with Crippen molar-refractivity contribution < 1.29 is 23.5 Å². The summed E-state index contributed by atoms with van der Waals surface area (Å²) in [5.74, 6) is -0.734. The van der Waals surface area contributed by atoms with Gasteiger partial charge in [0.05, 0.1) is 30.0 Å². The average molecular weight is 420 g/mol. The van der Waals surface area contributed by atoms with Crippen molar-refractivity contribution in [2.75, 3.05) is 6.54 Å². The summed E-state index contributed by atoms with van der Waals surface area (Å²) in [6.45, 7) is 5.34. The van der Waals surface area contributed by atoms with Crippen LogP contribution in [-0.4, -0.2) is 41.0 Å². The number of furan rings is 1. The van der Waals surface area contributed by atoms with Crippen LogP contribution >= 0.6 is 0 Å². The van der Waals surface area contributed by atoms with E-state index in [9.17, 15) is 14.4 Å². The number of benzene rings is 2. The Kier molecular flexibility index (Phi) is 5.27. The molecule has 0 fully saturated rings. The molecule has 4 rings (SSSR count). The van der Waals surface area contributed by atoms with E-state index in [4.69, 9.17) is 9.15 Å². The van der Waals surface area contributed by atoms with Gasteiger partial charge in [0.2, 0.25) is 0 Å². The number of para-hydroxylation sites is 1. The van der Waals surface area contributed by atoms with E-state index >= 15 is 0 Å². The van der Waals surface area contributed by atoms with Gasteiger partial charge in [0, 0.05) is 10.9 Å². The van der Waals surface area contributed by atoms with Crippen LogP contribution in [0.15, 0.2) is 59.2 Å². The van der Waals surface area contributed by atoms with Crippen LogP contribution in [0.1, 0.15) is 47.1 Å². The number of hydrogen-bond acceptors (Lipinski definition) is 5. The maximum absolute atomic E-state index is 12.8. The third-order valence-corrected chi connectivity index (χ3v) is 5.03. The molecule has 1 aliphatic rings. The number of nitrogens with one attached hydrogen (secondary N) is 1.